The molecule has 0 unspecified atom stereocenters. The van der Waals surface area contributed by atoms with Gasteiger partial charge in [-0.2, -0.15) is 0 Å². The average Bonchev–Trinajstić information content (AvgIpc) is 2.27. The number of carbonyl (C=O) groups is 1. The van der Waals surface area contributed by atoms with E-state index in [0.717, 1.165) is 23.7 Å². The number of anilines is 1. The molecule has 0 aliphatic heterocycles. The van der Waals surface area contributed by atoms with Gasteiger partial charge in [-0.25, -0.2) is 0 Å². The molecule has 92 valence electrons. The third-order valence-corrected chi connectivity index (χ3v) is 4.32. The fourth-order valence-corrected chi connectivity index (χ4v) is 2.53. The number of halogens is 1. The van der Waals surface area contributed by atoms with Gasteiger partial charge in [-0.1, -0.05) is 6.92 Å². The number of nitrogens with one attached hydrogen (secondary N) is 1. The van der Waals surface area contributed by atoms with E-state index < -0.39 is 0 Å². The van der Waals surface area contributed by atoms with E-state index in [4.69, 9.17) is 5.73 Å². The summed E-state index contributed by atoms with van der Waals surface area (Å²) in [6.45, 7) is 2.12. The van der Waals surface area contributed by atoms with Crippen molar-refractivity contribution < 1.29 is 4.79 Å². The van der Waals surface area contributed by atoms with Crippen LogP contribution in [-0.2, 0) is 0 Å². The Labute approximate surface area is 110 Å². The van der Waals surface area contributed by atoms with Crippen molar-refractivity contribution in [2.75, 3.05) is 5.73 Å². The molecule has 0 radical (unpaired) electrons. The summed E-state index contributed by atoms with van der Waals surface area (Å²) in [6.07, 6.45) is 4.38. The number of rotatable bonds is 3. The molecule has 1 aliphatic rings. The number of nitrogen functional groups attached to an aromatic ring is 1. The lowest BCUT2D eigenvalue weighted by Gasteiger charge is -2.42. The number of hydrogen-bond donors (Lipinski definition) is 2. The summed E-state index contributed by atoms with van der Waals surface area (Å²) in [6, 6.07) is 5.28. The third-order valence-electron chi connectivity index (χ3n) is 3.63. The van der Waals surface area contributed by atoms with Crippen molar-refractivity contribution in [2.45, 2.75) is 38.1 Å². The van der Waals surface area contributed by atoms with Gasteiger partial charge in [-0.3, -0.25) is 4.79 Å². The highest BCUT2D eigenvalue weighted by Crippen LogP contribution is 2.35. The van der Waals surface area contributed by atoms with E-state index in [9.17, 15) is 4.79 Å². The summed E-state index contributed by atoms with van der Waals surface area (Å²) in [5.74, 6) is -0.00718. The quantitative estimate of drug-likeness (QED) is 0.842. The first-order valence-corrected chi connectivity index (χ1v) is 6.73. The van der Waals surface area contributed by atoms with Gasteiger partial charge in [0.25, 0.3) is 5.91 Å². The fraction of sp³-hybridized carbons (Fsp3) is 0.462. The summed E-state index contributed by atoms with van der Waals surface area (Å²) < 4.78 is 0.768. The second kappa shape index (κ2) is 4.69. The molecule has 3 N–H and O–H groups in total. The van der Waals surface area contributed by atoms with Gasteiger partial charge in [0, 0.05) is 21.3 Å². The van der Waals surface area contributed by atoms with Crippen molar-refractivity contribution in [3.63, 3.8) is 0 Å². The molecule has 0 atom stereocenters. The van der Waals surface area contributed by atoms with Crippen LogP contribution in [0.1, 0.15) is 43.0 Å². The second-order valence-electron chi connectivity index (χ2n) is 4.68. The minimum absolute atomic E-state index is 0.00718. The highest BCUT2D eigenvalue weighted by Gasteiger charge is 2.36. The molecule has 3 nitrogen and oxygen atoms in total. The average molecular weight is 297 g/mol. The number of nitrogens with two attached hydrogens (primary N) is 1. The predicted molar refractivity (Wildman–Crippen MR) is 72.9 cm³/mol. The van der Waals surface area contributed by atoms with Crippen LogP contribution < -0.4 is 11.1 Å². The first-order valence-electron chi connectivity index (χ1n) is 5.94. The molecule has 0 saturated heterocycles. The Balaban J connectivity index is 2.11. The SMILES string of the molecule is CCC1(NC(=O)c2ccc(N)c(Br)c2)CCC1. The lowest BCUT2D eigenvalue weighted by Crippen LogP contribution is -2.52. The Morgan fingerprint density at radius 2 is 2.24 bits per heavy atom. The summed E-state index contributed by atoms with van der Waals surface area (Å²) in [5.41, 5.74) is 7.04. The third kappa shape index (κ3) is 2.46. The number of amides is 1. The Morgan fingerprint density at radius 3 is 2.71 bits per heavy atom. The van der Waals surface area contributed by atoms with Crippen LogP contribution in [0.4, 0.5) is 5.69 Å². The van der Waals surface area contributed by atoms with Gasteiger partial charge in [0.1, 0.15) is 0 Å². The van der Waals surface area contributed by atoms with Gasteiger partial charge in [0.2, 0.25) is 0 Å². The zero-order valence-corrected chi connectivity index (χ0v) is 11.5. The highest BCUT2D eigenvalue weighted by molar-refractivity contribution is 9.10. The minimum atomic E-state index is -0.00718. The predicted octanol–water partition coefficient (Wildman–Crippen LogP) is 3.09. The van der Waals surface area contributed by atoms with E-state index in [1.54, 1.807) is 18.2 Å². The van der Waals surface area contributed by atoms with Crippen LogP contribution in [0, 0.1) is 0 Å². The first-order chi connectivity index (χ1) is 8.06. The maximum absolute atomic E-state index is 12.1. The molecule has 17 heavy (non-hydrogen) atoms. The molecule has 1 aliphatic carbocycles. The molecule has 0 bridgehead atoms. The van der Waals surface area contributed by atoms with Crippen LogP contribution >= 0.6 is 15.9 Å². The van der Waals surface area contributed by atoms with Gasteiger partial charge in [-0.15, -0.1) is 0 Å². The molecule has 1 amide bonds. The van der Waals surface area contributed by atoms with Gasteiger partial charge >= 0.3 is 0 Å². The van der Waals surface area contributed by atoms with Gasteiger partial charge < -0.3 is 11.1 Å². The van der Waals surface area contributed by atoms with Crippen molar-refractivity contribution in [3.8, 4) is 0 Å². The summed E-state index contributed by atoms with van der Waals surface area (Å²) in [4.78, 5) is 12.1. The van der Waals surface area contributed by atoms with Crippen LogP contribution in [-0.4, -0.2) is 11.4 Å². The molecule has 4 heteroatoms. The van der Waals surface area contributed by atoms with Gasteiger partial charge in [-0.05, 0) is 59.8 Å². The zero-order valence-electron chi connectivity index (χ0n) is 9.92. The molecule has 0 spiro atoms. The van der Waals surface area contributed by atoms with E-state index >= 15 is 0 Å². The van der Waals surface area contributed by atoms with Gasteiger partial charge in [0.05, 0.1) is 0 Å². The van der Waals surface area contributed by atoms with E-state index in [-0.39, 0.29) is 11.4 Å². The Bertz CT molecular complexity index is 436. The maximum atomic E-state index is 12.1. The van der Waals surface area contributed by atoms with E-state index in [0.29, 0.717) is 11.3 Å². The summed E-state index contributed by atoms with van der Waals surface area (Å²) >= 11 is 3.34. The smallest absolute Gasteiger partial charge is 0.251 e. The second-order valence-corrected chi connectivity index (χ2v) is 5.53. The van der Waals surface area contributed by atoms with E-state index in [1.807, 2.05) is 0 Å². The number of benzene rings is 1. The monoisotopic (exact) mass is 296 g/mol. The highest BCUT2D eigenvalue weighted by atomic mass is 79.9. The lowest BCUT2D eigenvalue weighted by atomic mass is 9.74. The Kier molecular flexibility index (Phi) is 3.43. The molecule has 0 aromatic heterocycles. The van der Waals surface area contributed by atoms with Crippen molar-refractivity contribution in [1.82, 2.24) is 5.32 Å². The summed E-state index contributed by atoms with van der Waals surface area (Å²) in [7, 11) is 0. The van der Waals surface area contributed by atoms with Crippen molar-refractivity contribution in [3.05, 3.63) is 28.2 Å². The summed E-state index contributed by atoms with van der Waals surface area (Å²) in [5, 5.41) is 3.14. The van der Waals surface area contributed by atoms with Crippen LogP contribution in [0.5, 0.6) is 0 Å². The maximum Gasteiger partial charge on any atom is 0.251 e. The standard InChI is InChI=1S/C13H17BrN2O/c1-2-13(6-3-7-13)16-12(17)9-4-5-11(15)10(14)8-9/h4-5,8H,2-3,6-7,15H2,1H3,(H,16,17). The Hall–Kier alpha value is -1.03. The molecular weight excluding hydrogens is 280 g/mol. The number of hydrogen-bond acceptors (Lipinski definition) is 2. The van der Waals surface area contributed by atoms with Crippen molar-refractivity contribution in [1.29, 1.82) is 0 Å². The van der Waals surface area contributed by atoms with Crippen LogP contribution in [0.25, 0.3) is 0 Å². The molecular formula is C13H17BrN2O. The topological polar surface area (TPSA) is 55.1 Å². The van der Waals surface area contributed by atoms with Crippen LogP contribution in [0.2, 0.25) is 0 Å². The fourth-order valence-electron chi connectivity index (χ4n) is 2.15. The molecule has 1 aromatic carbocycles. The van der Waals surface area contributed by atoms with Crippen molar-refractivity contribution in [2.24, 2.45) is 0 Å². The van der Waals surface area contributed by atoms with Crippen LogP contribution in [0.3, 0.4) is 0 Å². The first kappa shape index (κ1) is 12.4. The molecule has 2 rings (SSSR count). The largest absolute Gasteiger partial charge is 0.398 e. The minimum Gasteiger partial charge on any atom is -0.398 e. The zero-order chi connectivity index (χ0) is 12.5. The molecule has 1 aromatic rings. The Morgan fingerprint density at radius 1 is 1.53 bits per heavy atom. The molecule has 0 heterocycles. The van der Waals surface area contributed by atoms with Crippen LogP contribution in [0.15, 0.2) is 22.7 Å². The lowest BCUT2D eigenvalue weighted by molar-refractivity contribution is 0.0820. The number of carbonyl (C=O) groups excluding carboxylic acids is 1. The van der Waals surface area contributed by atoms with Crippen molar-refractivity contribution >= 4 is 27.5 Å². The van der Waals surface area contributed by atoms with Gasteiger partial charge in [0.15, 0.2) is 0 Å². The van der Waals surface area contributed by atoms with E-state index in [2.05, 4.69) is 28.2 Å². The normalized spacial score (nSPS) is 17.3. The molecule has 1 saturated carbocycles. The molecule has 1 fully saturated rings. The van der Waals surface area contributed by atoms with E-state index in [1.165, 1.54) is 6.42 Å².